The Morgan fingerprint density at radius 2 is 2.07 bits per heavy atom. The molecule has 8 heteroatoms. The highest BCUT2D eigenvalue weighted by Crippen LogP contribution is 2.47. The monoisotopic (exact) mass is 396 g/mol. The van der Waals surface area contributed by atoms with E-state index >= 15 is 0 Å². The average Bonchev–Trinajstić information content (AvgIpc) is 2.93. The van der Waals surface area contributed by atoms with E-state index in [1.165, 1.54) is 0 Å². The Morgan fingerprint density at radius 3 is 2.79 bits per heavy atom. The lowest BCUT2D eigenvalue weighted by Gasteiger charge is -2.19. The molecule has 0 saturated carbocycles. The standard InChI is InChI=1S/C20H20N4O3S/c1-12-18-19(14-8-7-13(26-2)10-15(14)27-3)28-11-17(25)22-20(18)24(23-12)16-6-4-5-9-21-16/h4-10,19H,11H2,1-3H3,(H,22,25). The topological polar surface area (TPSA) is 78.3 Å². The maximum Gasteiger partial charge on any atom is 0.235 e. The van der Waals surface area contributed by atoms with Crippen LogP contribution < -0.4 is 14.8 Å². The summed E-state index contributed by atoms with van der Waals surface area (Å²) in [6.07, 6.45) is 1.70. The van der Waals surface area contributed by atoms with Gasteiger partial charge in [-0.3, -0.25) is 4.79 Å². The highest BCUT2D eigenvalue weighted by atomic mass is 32.2. The number of nitrogens with zero attached hydrogens (tertiary/aromatic N) is 3. The summed E-state index contributed by atoms with van der Waals surface area (Å²) < 4.78 is 12.6. The van der Waals surface area contributed by atoms with Crippen molar-refractivity contribution in [3.05, 3.63) is 59.4 Å². The first kappa shape index (κ1) is 18.4. The average molecular weight is 396 g/mol. The number of amides is 1. The molecule has 1 aromatic carbocycles. The largest absolute Gasteiger partial charge is 0.497 e. The molecule has 0 fully saturated rings. The van der Waals surface area contributed by atoms with E-state index in [4.69, 9.17) is 9.47 Å². The summed E-state index contributed by atoms with van der Waals surface area (Å²) in [4.78, 5) is 16.8. The fourth-order valence-corrected chi connectivity index (χ4v) is 4.52. The van der Waals surface area contributed by atoms with E-state index < -0.39 is 0 Å². The van der Waals surface area contributed by atoms with Crippen LogP contribution in [0.4, 0.5) is 5.82 Å². The minimum atomic E-state index is -0.118. The van der Waals surface area contributed by atoms with Gasteiger partial charge in [0, 0.05) is 23.4 Å². The smallest absolute Gasteiger partial charge is 0.235 e. The van der Waals surface area contributed by atoms with Crippen LogP contribution in [-0.4, -0.2) is 40.6 Å². The van der Waals surface area contributed by atoms with Gasteiger partial charge in [0.2, 0.25) is 5.91 Å². The summed E-state index contributed by atoms with van der Waals surface area (Å²) in [5.41, 5.74) is 2.75. The molecule has 1 N–H and O–H groups in total. The van der Waals surface area contributed by atoms with Crippen LogP contribution in [0.1, 0.15) is 22.1 Å². The zero-order valence-electron chi connectivity index (χ0n) is 15.8. The van der Waals surface area contributed by atoms with Crippen molar-refractivity contribution >= 4 is 23.5 Å². The molecular weight excluding hydrogens is 376 g/mol. The second-order valence-electron chi connectivity index (χ2n) is 6.29. The van der Waals surface area contributed by atoms with Crippen molar-refractivity contribution in [2.24, 2.45) is 0 Å². The quantitative estimate of drug-likeness (QED) is 0.729. The molecule has 1 atom stereocenters. The van der Waals surface area contributed by atoms with Crippen LogP contribution in [0, 0.1) is 6.92 Å². The van der Waals surface area contributed by atoms with Gasteiger partial charge in [-0.1, -0.05) is 12.1 Å². The number of hydrogen-bond acceptors (Lipinski definition) is 6. The van der Waals surface area contributed by atoms with Crippen LogP contribution in [0.15, 0.2) is 42.6 Å². The molecule has 3 aromatic rings. The van der Waals surface area contributed by atoms with E-state index in [1.807, 2.05) is 43.3 Å². The molecule has 0 saturated heterocycles. The molecule has 4 rings (SSSR count). The van der Waals surface area contributed by atoms with E-state index in [9.17, 15) is 4.79 Å². The van der Waals surface area contributed by atoms with Crippen molar-refractivity contribution in [2.75, 3.05) is 25.3 Å². The van der Waals surface area contributed by atoms with Crippen molar-refractivity contribution in [3.8, 4) is 17.3 Å². The van der Waals surface area contributed by atoms with Crippen LogP contribution in [0.5, 0.6) is 11.5 Å². The number of ether oxygens (including phenoxy) is 2. The summed E-state index contributed by atoms with van der Waals surface area (Å²) in [7, 11) is 3.25. The van der Waals surface area contributed by atoms with Crippen molar-refractivity contribution in [3.63, 3.8) is 0 Å². The lowest BCUT2D eigenvalue weighted by molar-refractivity contribution is -0.113. The number of aryl methyl sites for hydroxylation is 1. The number of nitrogens with one attached hydrogen (secondary N) is 1. The van der Waals surface area contributed by atoms with Crippen molar-refractivity contribution < 1.29 is 14.3 Å². The minimum absolute atomic E-state index is 0.0710. The predicted octanol–water partition coefficient (Wildman–Crippen LogP) is 3.37. The van der Waals surface area contributed by atoms with Crippen molar-refractivity contribution in [1.82, 2.24) is 14.8 Å². The lowest BCUT2D eigenvalue weighted by atomic mass is 10.0. The number of methoxy groups -OCH3 is 2. The van der Waals surface area contributed by atoms with E-state index in [0.29, 0.717) is 23.1 Å². The Hall–Kier alpha value is -3.00. The number of rotatable bonds is 4. The molecule has 2 aromatic heterocycles. The third-order valence-electron chi connectivity index (χ3n) is 4.60. The molecule has 144 valence electrons. The number of carbonyl (C=O) groups excluding carboxylic acids is 1. The third kappa shape index (κ3) is 3.20. The number of hydrogen-bond donors (Lipinski definition) is 1. The second kappa shape index (κ2) is 7.55. The lowest BCUT2D eigenvalue weighted by Crippen LogP contribution is -2.16. The van der Waals surface area contributed by atoms with Gasteiger partial charge < -0.3 is 14.8 Å². The van der Waals surface area contributed by atoms with Gasteiger partial charge in [0.05, 0.1) is 30.9 Å². The molecular formula is C20H20N4O3S. The molecule has 1 aliphatic heterocycles. The number of benzene rings is 1. The summed E-state index contributed by atoms with van der Waals surface area (Å²) >= 11 is 1.55. The number of carbonyl (C=O) groups is 1. The Labute approximate surface area is 167 Å². The Bertz CT molecular complexity index is 1020. The Morgan fingerprint density at radius 1 is 1.21 bits per heavy atom. The molecule has 0 aliphatic carbocycles. The SMILES string of the molecule is COc1ccc(C2SCC(=O)Nc3c2c(C)nn3-c2ccccn2)c(OC)c1. The number of anilines is 1. The van der Waals surface area contributed by atoms with Crippen molar-refractivity contribution in [1.29, 1.82) is 0 Å². The first-order chi connectivity index (χ1) is 13.6. The predicted molar refractivity (Wildman–Crippen MR) is 109 cm³/mol. The number of thioether (sulfide) groups is 1. The zero-order chi connectivity index (χ0) is 19.7. The summed E-state index contributed by atoms with van der Waals surface area (Å²) in [6, 6.07) is 11.3. The fraction of sp³-hybridized carbons (Fsp3) is 0.250. The summed E-state index contributed by atoms with van der Waals surface area (Å²) in [5, 5.41) is 7.55. The second-order valence-corrected chi connectivity index (χ2v) is 7.39. The summed E-state index contributed by atoms with van der Waals surface area (Å²) in [6.45, 7) is 1.94. The number of pyridine rings is 1. The number of fused-ring (bicyclic) bond motifs is 1. The van der Waals surface area contributed by atoms with Crippen LogP contribution in [0.25, 0.3) is 5.82 Å². The highest BCUT2D eigenvalue weighted by Gasteiger charge is 2.32. The minimum Gasteiger partial charge on any atom is -0.497 e. The van der Waals surface area contributed by atoms with E-state index in [1.54, 1.807) is 36.9 Å². The highest BCUT2D eigenvalue weighted by molar-refractivity contribution is 8.00. The Kier molecular flexibility index (Phi) is 4.95. The van der Waals surface area contributed by atoms with E-state index in [2.05, 4.69) is 15.4 Å². The van der Waals surface area contributed by atoms with Crippen LogP contribution in [-0.2, 0) is 4.79 Å². The van der Waals surface area contributed by atoms with Gasteiger partial charge in [-0.25, -0.2) is 4.98 Å². The first-order valence-corrected chi connectivity index (χ1v) is 9.81. The molecule has 1 amide bonds. The number of aromatic nitrogens is 3. The third-order valence-corrected chi connectivity index (χ3v) is 5.85. The molecule has 7 nitrogen and oxygen atoms in total. The Balaban J connectivity index is 1.89. The van der Waals surface area contributed by atoms with Gasteiger partial charge in [0.1, 0.15) is 17.3 Å². The molecule has 1 unspecified atom stereocenters. The van der Waals surface area contributed by atoms with Gasteiger partial charge in [0.15, 0.2) is 5.82 Å². The van der Waals surface area contributed by atoms with Gasteiger partial charge in [0.25, 0.3) is 0 Å². The molecule has 28 heavy (non-hydrogen) atoms. The van der Waals surface area contributed by atoms with Crippen LogP contribution >= 0.6 is 11.8 Å². The van der Waals surface area contributed by atoms with Crippen molar-refractivity contribution in [2.45, 2.75) is 12.2 Å². The molecule has 0 radical (unpaired) electrons. The van der Waals surface area contributed by atoms with Crippen LogP contribution in [0.3, 0.4) is 0 Å². The van der Waals surface area contributed by atoms with Gasteiger partial charge >= 0.3 is 0 Å². The first-order valence-electron chi connectivity index (χ1n) is 8.76. The zero-order valence-corrected chi connectivity index (χ0v) is 16.6. The van der Waals surface area contributed by atoms with E-state index in [-0.39, 0.29) is 11.2 Å². The molecule has 1 aliphatic rings. The maximum absolute atomic E-state index is 12.4. The fourth-order valence-electron chi connectivity index (χ4n) is 3.31. The van der Waals surface area contributed by atoms with Gasteiger partial charge in [-0.15, -0.1) is 11.8 Å². The van der Waals surface area contributed by atoms with E-state index in [0.717, 1.165) is 22.6 Å². The molecule has 3 heterocycles. The molecule has 0 bridgehead atoms. The molecule has 0 spiro atoms. The maximum atomic E-state index is 12.4. The van der Waals surface area contributed by atoms with Gasteiger partial charge in [-0.2, -0.15) is 9.78 Å². The van der Waals surface area contributed by atoms with Gasteiger partial charge in [-0.05, 0) is 25.1 Å². The normalized spacial score (nSPS) is 16.1. The summed E-state index contributed by atoms with van der Waals surface area (Å²) in [5.74, 6) is 2.99. The van der Waals surface area contributed by atoms with Crippen LogP contribution in [0.2, 0.25) is 0 Å².